The Bertz CT molecular complexity index is 390. The summed E-state index contributed by atoms with van der Waals surface area (Å²) in [5, 5.41) is 20.2. The van der Waals surface area contributed by atoms with E-state index in [4.69, 9.17) is 0 Å². The summed E-state index contributed by atoms with van der Waals surface area (Å²) in [6, 6.07) is 3.43. The molecule has 0 aliphatic heterocycles. The van der Waals surface area contributed by atoms with Crippen molar-refractivity contribution in [2.24, 2.45) is 0 Å². The molecule has 0 radical (unpaired) electrons. The van der Waals surface area contributed by atoms with Crippen LogP contribution in [0.15, 0.2) is 12.1 Å². The summed E-state index contributed by atoms with van der Waals surface area (Å²) in [6.45, 7) is 3.69. The van der Waals surface area contributed by atoms with Crippen molar-refractivity contribution >= 4 is 11.7 Å². The molecule has 1 amide bonds. The van der Waals surface area contributed by atoms with Gasteiger partial charge >= 0.3 is 0 Å². The van der Waals surface area contributed by atoms with Crippen LogP contribution in [0.4, 0.5) is 5.82 Å². The predicted molar refractivity (Wildman–Crippen MR) is 69.4 cm³/mol. The fraction of sp³-hybridized carbons (Fsp3) is 0.583. The van der Waals surface area contributed by atoms with Gasteiger partial charge in [0.25, 0.3) is 5.91 Å². The monoisotopic (exact) mass is 252 g/mol. The first-order valence-electron chi connectivity index (χ1n) is 5.90. The third-order valence-corrected chi connectivity index (χ3v) is 2.38. The van der Waals surface area contributed by atoms with Gasteiger partial charge in [-0.2, -0.15) is 0 Å². The van der Waals surface area contributed by atoms with Crippen LogP contribution in [0.3, 0.4) is 0 Å². The number of carbonyl (C=O) groups excluding carboxylic acids is 1. The minimum absolute atomic E-state index is 0.0923. The van der Waals surface area contributed by atoms with Crippen molar-refractivity contribution in [3.63, 3.8) is 0 Å². The second kappa shape index (κ2) is 6.30. The summed E-state index contributed by atoms with van der Waals surface area (Å²) in [6.07, 6.45) is 0.259. The lowest BCUT2D eigenvalue weighted by molar-refractivity contribution is 0.0821. The predicted octanol–water partition coefficient (Wildman–Crippen LogP) is 0.750. The van der Waals surface area contributed by atoms with Crippen molar-refractivity contribution in [1.29, 1.82) is 0 Å². The van der Waals surface area contributed by atoms with Crippen LogP contribution >= 0.6 is 0 Å². The molecule has 0 aliphatic carbocycles. The Hall–Kier alpha value is -1.69. The molecular weight excluding hydrogens is 232 g/mol. The van der Waals surface area contributed by atoms with Gasteiger partial charge in [0.2, 0.25) is 0 Å². The number of amides is 1. The molecular formula is C12H20N4O2. The molecule has 1 heterocycles. The van der Waals surface area contributed by atoms with Gasteiger partial charge in [-0.05, 0) is 32.4 Å². The number of anilines is 1. The van der Waals surface area contributed by atoms with Crippen molar-refractivity contribution in [2.45, 2.75) is 32.4 Å². The van der Waals surface area contributed by atoms with Crippen LogP contribution in [0.5, 0.6) is 0 Å². The van der Waals surface area contributed by atoms with Gasteiger partial charge in [-0.1, -0.05) is 0 Å². The molecule has 0 aromatic carbocycles. The van der Waals surface area contributed by atoms with Gasteiger partial charge < -0.3 is 15.3 Å². The minimum atomic E-state index is -0.366. The zero-order valence-corrected chi connectivity index (χ0v) is 11.2. The van der Waals surface area contributed by atoms with Gasteiger partial charge in [0.05, 0.1) is 6.10 Å². The van der Waals surface area contributed by atoms with Crippen molar-refractivity contribution in [2.75, 3.05) is 19.4 Å². The van der Waals surface area contributed by atoms with Crippen molar-refractivity contribution < 1.29 is 9.90 Å². The quantitative estimate of drug-likeness (QED) is 0.808. The zero-order chi connectivity index (χ0) is 13.7. The van der Waals surface area contributed by atoms with E-state index in [0.717, 1.165) is 0 Å². The van der Waals surface area contributed by atoms with Crippen LogP contribution in [-0.4, -0.2) is 52.4 Å². The lowest BCUT2D eigenvalue weighted by Gasteiger charge is -2.15. The number of nitrogens with one attached hydrogen (secondary N) is 1. The Morgan fingerprint density at radius 2 is 2.06 bits per heavy atom. The van der Waals surface area contributed by atoms with Crippen molar-refractivity contribution in [3.05, 3.63) is 17.8 Å². The second-order valence-electron chi connectivity index (χ2n) is 4.63. The number of hydrogen-bond donors (Lipinski definition) is 2. The van der Waals surface area contributed by atoms with E-state index in [2.05, 4.69) is 15.5 Å². The van der Waals surface area contributed by atoms with Crippen molar-refractivity contribution in [3.8, 4) is 0 Å². The molecule has 6 nitrogen and oxygen atoms in total. The maximum atomic E-state index is 11.6. The van der Waals surface area contributed by atoms with Crippen LogP contribution < -0.4 is 5.32 Å². The maximum absolute atomic E-state index is 11.6. The SMILES string of the molecule is CC(O)CC(C)Nc1ccc(C(=O)N(C)C)nn1. The Balaban J connectivity index is 2.63. The summed E-state index contributed by atoms with van der Waals surface area (Å²) in [4.78, 5) is 13.0. The number of nitrogens with zero attached hydrogens (tertiary/aromatic N) is 3. The normalized spacial score (nSPS) is 13.8. The number of aliphatic hydroxyl groups is 1. The smallest absolute Gasteiger partial charge is 0.273 e. The van der Waals surface area contributed by atoms with Gasteiger partial charge in [0.15, 0.2) is 5.69 Å². The molecule has 2 N–H and O–H groups in total. The molecule has 0 aliphatic rings. The highest BCUT2D eigenvalue weighted by Crippen LogP contribution is 2.08. The molecule has 100 valence electrons. The molecule has 1 aromatic heterocycles. The van der Waals surface area contributed by atoms with E-state index >= 15 is 0 Å². The van der Waals surface area contributed by atoms with Crippen LogP contribution in [0.2, 0.25) is 0 Å². The molecule has 1 rings (SSSR count). The lowest BCUT2D eigenvalue weighted by atomic mass is 10.1. The summed E-state index contributed by atoms with van der Waals surface area (Å²) < 4.78 is 0. The second-order valence-corrected chi connectivity index (χ2v) is 4.63. The molecule has 0 fully saturated rings. The molecule has 18 heavy (non-hydrogen) atoms. The highest BCUT2D eigenvalue weighted by molar-refractivity contribution is 5.91. The lowest BCUT2D eigenvalue weighted by Crippen LogP contribution is -2.24. The molecule has 2 atom stereocenters. The van der Waals surface area contributed by atoms with E-state index in [0.29, 0.717) is 17.9 Å². The van der Waals surface area contributed by atoms with Gasteiger partial charge in [-0.15, -0.1) is 10.2 Å². The van der Waals surface area contributed by atoms with Crippen LogP contribution in [0.25, 0.3) is 0 Å². The fourth-order valence-electron chi connectivity index (χ4n) is 1.58. The largest absolute Gasteiger partial charge is 0.393 e. The summed E-state index contributed by atoms with van der Waals surface area (Å²) in [5.41, 5.74) is 0.314. The molecule has 0 spiro atoms. The van der Waals surface area contributed by atoms with Crippen LogP contribution in [0.1, 0.15) is 30.8 Å². The molecule has 6 heteroatoms. The minimum Gasteiger partial charge on any atom is -0.393 e. The van der Waals surface area contributed by atoms with E-state index in [9.17, 15) is 9.90 Å². The highest BCUT2D eigenvalue weighted by Gasteiger charge is 2.11. The van der Waals surface area contributed by atoms with E-state index in [-0.39, 0.29) is 18.1 Å². The Kier molecular flexibility index (Phi) is 5.03. The van der Waals surface area contributed by atoms with Crippen LogP contribution in [-0.2, 0) is 0 Å². The molecule has 0 bridgehead atoms. The average Bonchev–Trinajstić information content (AvgIpc) is 2.27. The zero-order valence-electron chi connectivity index (χ0n) is 11.2. The van der Waals surface area contributed by atoms with E-state index in [1.807, 2.05) is 6.92 Å². The molecule has 0 saturated heterocycles. The number of hydrogen-bond acceptors (Lipinski definition) is 5. The van der Waals surface area contributed by atoms with E-state index < -0.39 is 0 Å². The van der Waals surface area contributed by atoms with Gasteiger partial charge in [0, 0.05) is 20.1 Å². The molecule has 1 aromatic rings. The number of rotatable bonds is 5. The first-order valence-corrected chi connectivity index (χ1v) is 5.90. The summed E-state index contributed by atoms with van der Waals surface area (Å²) in [5.74, 6) is 0.421. The number of carbonyl (C=O) groups is 1. The fourth-order valence-corrected chi connectivity index (χ4v) is 1.58. The summed E-state index contributed by atoms with van der Waals surface area (Å²) >= 11 is 0. The highest BCUT2D eigenvalue weighted by atomic mass is 16.3. The molecule has 0 saturated carbocycles. The Morgan fingerprint density at radius 1 is 1.39 bits per heavy atom. The number of aromatic nitrogens is 2. The van der Waals surface area contributed by atoms with Crippen molar-refractivity contribution in [1.82, 2.24) is 15.1 Å². The maximum Gasteiger partial charge on any atom is 0.273 e. The standard InChI is InChI=1S/C12H20N4O2/c1-8(7-9(2)17)13-11-6-5-10(14-15-11)12(18)16(3)4/h5-6,8-9,17H,7H2,1-4H3,(H,13,15). The topological polar surface area (TPSA) is 78.4 Å². The third-order valence-electron chi connectivity index (χ3n) is 2.38. The molecule has 2 unspecified atom stereocenters. The Morgan fingerprint density at radius 3 is 2.50 bits per heavy atom. The number of aliphatic hydroxyl groups excluding tert-OH is 1. The average molecular weight is 252 g/mol. The Labute approximate surface area is 107 Å². The first kappa shape index (κ1) is 14.4. The van der Waals surface area contributed by atoms with E-state index in [1.165, 1.54) is 4.90 Å². The third kappa shape index (κ3) is 4.29. The van der Waals surface area contributed by atoms with Gasteiger partial charge in [0.1, 0.15) is 5.82 Å². The van der Waals surface area contributed by atoms with Crippen LogP contribution in [0, 0.1) is 0 Å². The summed E-state index contributed by atoms with van der Waals surface area (Å²) in [7, 11) is 3.34. The van der Waals surface area contributed by atoms with Gasteiger partial charge in [-0.3, -0.25) is 4.79 Å². The van der Waals surface area contributed by atoms with Gasteiger partial charge in [-0.25, -0.2) is 0 Å². The first-order chi connectivity index (χ1) is 8.40. The van der Waals surface area contributed by atoms with E-state index in [1.54, 1.807) is 33.2 Å².